The molecule has 0 unspecified atom stereocenters. The van der Waals surface area contributed by atoms with E-state index in [0.717, 1.165) is 18.3 Å². The summed E-state index contributed by atoms with van der Waals surface area (Å²) in [5.41, 5.74) is 0.841. The number of ether oxygens (including phenoxy) is 2. The fraction of sp³-hybridized carbons (Fsp3) is 0.120. The van der Waals surface area contributed by atoms with Crippen LogP contribution in [0.25, 0.3) is 22.5 Å². The van der Waals surface area contributed by atoms with Crippen LogP contribution in [-0.4, -0.2) is 39.2 Å². The van der Waals surface area contributed by atoms with Crippen LogP contribution in [0, 0.1) is 5.41 Å². The summed E-state index contributed by atoms with van der Waals surface area (Å²) in [6, 6.07) is 11.0. The summed E-state index contributed by atoms with van der Waals surface area (Å²) in [6.45, 7) is -2.79. The summed E-state index contributed by atoms with van der Waals surface area (Å²) in [7, 11) is 1.40. The van der Waals surface area contributed by atoms with E-state index in [1.807, 2.05) is 0 Å². The van der Waals surface area contributed by atoms with Gasteiger partial charge in [-0.15, -0.1) is 13.2 Å². The van der Waals surface area contributed by atoms with Crippen molar-refractivity contribution in [1.29, 1.82) is 5.41 Å². The van der Waals surface area contributed by atoms with Gasteiger partial charge in [-0.05, 0) is 35.9 Å². The smallest absolute Gasteiger partial charge is 0.494 e. The molecular weight excluding hydrogens is 527 g/mol. The van der Waals surface area contributed by atoms with Crippen molar-refractivity contribution < 1.29 is 31.4 Å². The van der Waals surface area contributed by atoms with Crippen molar-refractivity contribution in [3.8, 4) is 28.3 Å². The van der Waals surface area contributed by atoms with Crippen molar-refractivity contribution in [2.45, 2.75) is 12.9 Å². The Kier molecular flexibility index (Phi) is 7.74. The van der Waals surface area contributed by atoms with Gasteiger partial charge in [0.25, 0.3) is 0 Å². The molecule has 0 aliphatic heterocycles. The minimum Gasteiger partial charge on any atom is -0.494 e. The SMILES string of the molecule is COc1cc(-c2cnn(C(F)F)c2)ccc1-n1ccc(=O)c(/C(=C/C=N)Nc2cccc(OC(F)(F)F)c2)n1. The lowest BCUT2D eigenvalue weighted by Crippen LogP contribution is -2.19. The molecule has 2 aromatic carbocycles. The first-order valence-electron chi connectivity index (χ1n) is 11.0. The fourth-order valence-electron chi connectivity index (χ4n) is 3.56. The number of halogens is 5. The highest BCUT2D eigenvalue weighted by atomic mass is 19.4. The number of benzene rings is 2. The number of aromatic nitrogens is 4. The molecule has 0 atom stereocenters. The van der Waals surface area contributed by atoms with Crippen molar-refractivity contribution >= 4 is 17.6 Å². The minimum absolute atomic E-state index is 0.0310. The van der Waals surface area contributed by atoms with Crippen LogP contribution < -0.4 is 20.2 Å². The van der Waals surface area contributed by atoms with Crippen LogP contribution in [0.4, 0.5) is 27.6 Å². The standard InChI is InChI=1S/C25H19F5N6O3/c1-38-22-11-15(16-13-32-36(14-16)24(26)27)5-6-20(22)35-10-8-21(37)23(34-35)19(7-9-31)33-17-3-2-4-18(12-17)39-25(28,29)30/h2-14,24,31,33H,1H3/b19-7-,31-9?. The van der Waals surface area contributed by atoms with Gasteiger partial charge in [0.1, 0.15) is 17.2 Å². The van der Waals surface area contributed by atoms with E-state index >= 15 is 0 Å². The number of nitrogens with zero attached hydrogens (tertiary/aromatic N) is 4. The molecule has 0 aliphatic rings. The minimum atomic E-state index is -4.89. The zero-order valence-electron chi connectivity index (χ0n) is 20.0. The summed E-state index contributed by atoms with van der Waals surface area (Å²) < 4.78 is 74.9. The van der Waals surface area contributed by atoms with Gasteiger partial charge in [-0.2, -0.15) is 19.0 Å². The number of rotatable bonds is 9. The van der Waals surface area contributed by atoms with Crippen molar-refractivity contribution in [2.24, 2.45) is 0 Å². The van der Waals surface area contributed by atoms with E-state index < -0.39 is 24.1 Å². The first-order valence-corrected chi connectivity index (χ1v) is 11.0. The van der Waals surface area contributed by atoms with Crippen LogP contribution >= 0.6 is 0 Å². The van der Waals surface area contributed by atoms with Crippen LogP contribution in [0.1, 0.15) is 12.2 Å². The Hall–Kier alpha value is -5.01. The van der Waals surface area contributed by atoms with E-state index in [1.165, 1.54) is 54.7 Å². The molecule has 4 aromatic rings. The number of alkyl halides is 5. The van der Waals surface area contributed by atoms with Crippen LogP contribution in [0.2, 0.25) is 0 Å². The molecule has 202 valence electrons. The van der Waals surface area contributed by atoms with Crippen LogP contribution in [0.15, 0.2) is 78.0 Å². The third-order valence-corrected chi connectivity index (χ3v) is 5.22. The van der Waals surface area contributed by atoms with Gasteiger partial charge in [-0.3, -0.25) is 4.79 Å². The van der Waals surface area contributed by atoms with Crippen LogP contribution in [0.5, 0.6) is 11.5 Å². The highest BCUT2D eigenvalue weighted by molar-refractivity contribution is 5.87. The maximum absolute atomic E-state index is 12.9. The average molecular weight is 546 g/mol. The normalized spacial score (nSPS) is 11.9. The van der Waals surface area contributed by atoms with Crippen molar-refractivity contribution in [3.05, 3.63) is 89.1 Å². The fourth-order valence-corrected chi connectivity index (χ4v) is 3.56. The molecular formula is C25H19F5N6O3. The largest absolute Gasteiger partial charge is 0.573 e. The maximum Gasteiger partial charge on any atom is 0.573 e. The summed E-state index contributed by atoms with van der Waals surface area (Å²) in [5.74, 6) is -0.189. The second-order valence-corrected chi connectivity index (χ2v) is 7.79. The van der Waals surface area contributed by atoms with Gasteiger partial charge in [-0.1, -0.05) is 12.1 Å². The zero-order chi connectivity index (χ0) is 28.2. The topological polar surface area (TPSA) is 107 Å². The lowest BCUT2D eigenvalue weighted by Gasteiger charge is -2.15. The van der Waals surface area contributed by atoms with E-state index in [2.05, 4.69) is 20.3 Å². The molecule has 39 heavy (non-hydrogen) atoms. The van der Waals surface area contributed by atoms with Crippen LogP contribution in [0.3, 0.4) is 0 Å². The van der Waals surface area contributed by atoms with Gasteiger partial charge < -0.3 is 20.2 Å². The molecule has 0 saturated heterocycles. The van der Waals surface area contributed by atoms with Gasteiger partial charge in [-0.25, -0.2) is 9.36 Å². The van der Waals surface area contributed by atoms with Gasteiger partial charge in [0, 0.05) is 42.0 Å². The second-order valence-electron chi connectivity index (χ2n) is 7.79. The molecule has 0 aliphatic carbocycles. The molecule has 2 N–H and O–H groups in total. The number of nitrogens with one attached hydrogen (secondary N) is 2. The van der Waals surface area contributed by atoms with Gasteiger partial charge >= 0.3 is 12.9 Å². The Morgan fingerprint density at radius 1 is 1.13 bits per heavy atom. The molecule has 0 saturated carbocycles. The Labute approximate surface area is 217 Å². The lowest BCUT2D eigenvalue weighted by molar-refractivity contribution is -0.274. The summed E-state index contributed by atoms with van der Waals surface area (Å²) >= 11 is 0. The number of anilines is 1. The first-order chi connectivity index (χ1) is 18.6. The third kappa shape index (κ3) is 6.47. The molecule has 14 heteroatoms. The Bertz CT molecular complexity index is 1580. The molecule has 2 heterocycles. The second kappa shape index (κ2) is 11.2. The predicted molar refractivity (Wildman–Crippen MR) is 132 cm³/mol. The lowest BCUT2D eigenvalue weighted by atomic mass is 10.1. The average Bonchev–Trinajstić information content (AvgIpc) is 3.39. The van der Waals surface area contributed by atoms with E-state index in [9.17, 15) is 26.7 Å². The Balaban J connectivity index is 1.69. The maximum atomic E-state index is 12.9. The predicted octanol–water partition coefficient (Wildman–Crippen LogP) is 5.50. The highest BCUT2D eigenvalue weighted by Gasteiger charge is 2.31. The van der Waals surface area contributed by atoms with E-state index in [0.29, 0.717) is 27.2 Å². The number of allylic oxidation sites excluding steroid dienone is 1. The number of hydrogen-bond acceptors (Lipinski definition) is 7. The molecule has 0 fully saturated rings. The van der Waals surface area contributed by atoms with Crippen LogP contribution in [-0.2, 0) is 0 Å². The monoisotopic (exact) mass is 546 g/mol. The highest BCUT2D eigenvalue weighted by Crippen LogP contribution is 2.30. The molecule has 0 bridgehead atoms. The Morgan fingerprint density at radius 3 is 2.59 bits per heavy atom. The zero-order valence-corrected chi connectivity index (χ0v) is 20.0. The van der Waals surface area contributed by atoms with Crippen molar-refractivity contribution in [1.82, 2.24) is 19.6 Å². The van der Waals surface area contributed by atoms with Crippen molar-refractivity contribution in [3.63, 3.8) is 0 Å². The van der Waals surface area contributed by atoms with Gasteiger partial charge in [0.15, 0.2) is 5.69 Å². The number of hydrogen-bond donors (Lipinski definition) is 2. The molecule has 0 radical (unpaired) electrons. The Morgan fingerprint density at radius 2 is 1.92 bits per heavy atom. The molecule has 4 rings (SSSR count). The van der Waals surface area contributed by atoms with Gasteiger partial charge in [0.05, 0.1) is 19.0 Å². The van der Waals surface area contributed by atoms with E-state index in [-0.39, 0.29) is 17.1 Å². The van der Waals surface area contributed by atoms with Crippen molar-refractivity contribution in [2.75, 3.05) is 12.4 Å². The number of methoxy groups -OCH3 is 1. The molecule has 9 nitrogen and oxygen atoms in total. The molecule has 2 aromatic heterocycles. The third-order valence-electron chi connectivity index (χ3n) is 5.22. The molecule has 0 amide bonds. The summed E-state index contributed by atoms with van der Waals surface area (Å²) in [4.78, 5) is 12.7. The van der Waals surface area contributed by atoms with Gasteiger partial charge in [0.2, 0.25) is 5.43 Å². The summed E-state index contributed by atoms with van der Waals surface area (Å²) in [6.07, 6.45) is 1.05. The quantitative estimate of drug-likeness (QED) is 0.212. The first kappa shape index (κ1) is 27.0. The van der Waals surface area contributed by atoms with E-state index in [4.69, 9.17) is 10.1 Å². The summed E-state index contributed by atoms with van der Waals surface area (Å²) in [5, 5.41) is 18.2. The van der Waals surface area contributed by atoms with E-state index in [1.54, 1.807) is 18.2 Å². The molecule has 0 spiro atoms.